The smallest absolute Gasteiger partial charge is 0.308 e. The van der Waals surface area contributed by atoms with Crippen molar-refractivity contribution in [2.75, 3.05) is 18.8 Å². The van der Waals surface area contributed by atoms with E-state index in [1.165, 1.54) is 12.1 Å². The highest BCUT2D eigenvalue weighted by Crippen LogP contribution is 2.18. The van der Waals surface area contributed by atoms with Crippen LogP contribution in [0.25, 0.3) is 0 Å². The summed E-state index contributed by atoms with van der Waals surface area (Å²) < 4.78 is 23.5. The van der Waals surface area contributed by atoms with Crippen LogP contribution in [-0.4, -0.2) is 49.1 Å². The fourth-order valence-electron chi connectivity index (χ4n) is 2.67. The molecule has 0 aromatic heterocycles. The summed E-state index contributed by atoms with van der Waals surface area (Å²) in [6, 6.07) is 6.30. The van der Waals surface area contributed by atoms with Gasteiger partial charge in [-0.1, -0.05) is 19.1 Å². The van der Waals surface area contributed by atoms with E-state index in [1.807, 2.05) is 0 Å². The third-order valence-electron chi connectivity index (χ3n) is 4.14. The zero-order valence-corrected chi connectivity index (χ0v) is 13.9. The number of benzene rings is 1. The number of nitrogens with zero attached hydrogens (tertiary/aromatic N) is 1. The lowest BCUT2D eigenvalue weighted by Crippen LogP contribution is -2.42. The van der Waals surface area contributed by atoms with Crippen LogP contribution in [0.4, 0.5) is 0 Å². The minimum atomic E-state index is -3.24. The number of amides is 1. The number of carbonyl (C=O) groups is 2. The van der Waals surface area contributed by atoms with Crippen molar-refractivity contribution in [1.82, 2.24) is 4.90 Å². The Hall–Kier alpha value is -1.89. The number of rotatable bonds is 5. The van der Waals surface area contributed by atoms with Gasteiger partial charge in [0.15, 0.2) is 9.84 Å². The normalized spacial score (nSPS) is 18.7. The lowest BCUT2D eigenvalue weighted by Gasteiger charge is -2.30. The molecule has 6 nitrogen and oxygen atoms in total. The molecule has 1 heterocycles. The standard InChI is InChI=1S/C16H21NO5S/c1-2-23(21,22)14-7-5-12(6-8-14)10-15(18)17-9-3-4-13(11-17)16(19)20/h5-8,13H,2-4,9-11H2,1H3,(H,19,20)/t13-/m0/s1. The van der Waals surface area contributed by atoms with Crippen molar-refractivity contribution >= 4 is 21.7 Å². The van der Waals surface area contributed by atoms with Gasteiger partial charge in [-0.25, -0.2) is 8.42 Å². The molecule has 0 aliphatic carbocycles. The number of piperidine rings is 1. The molecule has 1 aliphatic heterocycles. The number of hydrogen-bond acceptors (Lipinski definition) is 4. The van der Waals surface area contributed by atoms with Gasteiger partial charge in [0.25, 0.3) is 0 Å². The molecule has 23 heavy (non-hydrogen) atoms. The van der Waals surface area contributed by atoms with Gasteiger partial charge < -0.3 is 10.0 Å². The van der Waals surface area contributed by atoms with E-state index in [2.05, 4.69) is 0 Å². The highest BCUT2D eigenvalue weighted by Gasteiger charge is 2.28. The minimum Gasteiger partial charge on any atom is -0.481 e. The molecule has 1 N–H and O–H groups in total. The van der Waals surface area contributed by atoms with Gasteiger partial charge in [-0.3, -0.25) is 9.59 Å². The fourth-order valence-corrected chi connectivity index (χ4v) is 3.56. The summed E-state index contributed by atoms with van der Waals surface area (Å²) in [5.41, 5.74) is 0.725. The van der Waals surface area contributed by atoms with Crippen LogP contribution in [0.15, 0.2) is 29.2 Å². The van der Waals surface area contributed by atoms with Crippen molar-refractivity contribution in [3.8, 4) is 0 Å². The second-order valence-electron chi connectivity index (χ2n) is 5.74. The largest absolute Gasteiger partial charge is 0.481 e. The van der Waals surface area contributed by atoms with E-state index < -0.39 is 21.7 Å². The highest BCUT2D eigenvalue weighted by atomic mass is 32.2. The van der Waals surface area contributed by atoms with Crippen LogP contribution in [-0.2, 0) is 25.8 Å². The zero-order valence-electron chi connectivity index (χ0n) is 13.1. The van der Waals surface area contributed by atoms with Gasteiger partial charge >= 0.3 is 5.97 Å². The van der Waals surface area contributed by atoms with Crippen LogP contribution in [0.1, 0.15) is 25.3 Å². The molecular formula is C16H21NO5S. The lowest BCUT2D eigenvalue weighted by molar-refractivity contribution is -0.145. The summed E-state index contributed by atoms with van der Waals surface area (Å²) in [5, 5.41) is 9.06. The number of hydrogen-bond donors (Lipinski definition) is 1. The average Bonchev–Trinajstić information content (AvgIpc) is 2.55. The van der Waals surface area contributed by atoms with Crippen molar-refractivity contribution in [3.63, 3.8) is 0 Å². The Morgan fingerprint density at radius 1 is 1.26 bits per heavy atom. The summed E-state index contributed by atoms with van der Waals surface area (Å²) in [7, 11) is -3.24. The Morgan fingerprint density at radius 3 is 2.48 bits per heavy atom. The molecule has 7 heteroatoms. The molecule has 1 aromatic rings. The maximum Gasteiger partial charge on any atom is 0.308 e. The van der Waals surface area contributed by atoms with Gasteiger partial charge in [0, 0.05) is 13.1 Å². The second-order valence-corrected chi connectivity index (χ2v) is 8.02. The number of likely N-dealkylation sites (tertiary alicyclic amines) is 1. The Labute approximate surface area is 136 Å². The summed E-state index contributed by atoms with van der Waals surface area (Å²) in [5.74, 6) is -1.45. The maximum absolute atomic E-state index is 12.3. The highest BCUT2D eigenvalue weighted by molar-refractivity contribution is 7.91. The van der Waals surface area contributed by atoms with Gasteiger partial charge in [0.05, 0.1) is 23.0 Å². The molecule has 1 amide bonds. The minimum absolute atomic E-state index is 0.0373. The predicted molar refractivity (Wildman–Crippen MR) is 84.8 cm³/mol. The first-order valence-electron chi connectivity index (χ1n) is 7.65. The molecule has 1 atom stereocenters. The van der Waals surface area contributed by atoms with E-state index in [4.69, 9.17) is 5.11 Å². The monoisotopic (exact) mass is 339 g/mol. The number of sulfone groups is 1. The third-order valence-corrected chi connectivity index (χ3v) is 5.89. The average molecular weight is 339 g/mol. The number of carboxylic acid groups (broad SMARTS) is 1. The SMILES string of the molecule is CCS(=O)(=O)c1ccc(CC(=O)N2CCC[C@H](C(=O)O)C2)cc1. The number of carboxylic acids is 1. The Morgan fingerprint density at radius 2 is 1.91 bits per heavy atom. The first-order chi connectivity index (χ1) is 10.8. The van der Waals surface area contributed by atoms with E-state index in [-0.39, 0.29) is 29.5 Å². The van der Waals surface area contributed by atoms with E-state index in [0.717, 1.165) is 5.56 Å². The van der Waals surface area contributed by atoms with Crippen molar-refractivity contribution in [2.24, 2.45) is 5.92 Å². The molecule has 0 bridgehead atoms. The molecule has 0 saturated carbocycles. The molecule has 126 valence electrons. The van der Waals surface area contributed by atoms with Gasteiger partial charge in [-0.05, 0) is 30.5 Å². The van der Waals surface area contributed by atoms with E-state index in [1.54, 1.807) is 24.0 Å². The molecule has 1 saturated heterocycles. The maximum atomic E-state index is 12.3. The molecular weight excluding hydrogens is 318 g/mol. The molecule has 0 radical (unpaired) electrons. The summed E-state index contributed by atoms with van der Waals surface area (Å²) >= 11 is 0. The quantitative estimate of drug-likeness (QED) is 0.874. The van der Waals surface area contributed by atoms with E-state index in [0.29, 0.717) is 19.4 Å². The predicted octanol–water partition coefficient (Wildman–Crippen LogP) is 1.35. The van der Waals surface area contributed by atoms with Crippen molar-refractivity contribution < 1.29 is 23.1 Å². The van der Waals surface area contributed by atoms with Crippen molar-refractivity contribution in [2.45, 2.75) is 31.1 Å². The molecule has 0 unspecified atom stereocenters. The van der Waals surface area contributed by atoms with Gasteiger partial charge in [0.2, 0.25) is 5.91 Å². The Balaban J connectivity index is 2.01. The zero-order chi connectivity index (χ0) is 17.0. The summed E-state index contributed by atoms with van der Waals surface area (Å²) in [6.45, 7) is 2.41. The van der Waals surface area contributed by atoms with Crippen LogP contribution in [0.5, 0.6) is 0 Å². The van der Waals surface area contributed by atoms with Crippen molar-refractivity contribution in [3.05, 3.63) is 29.8 Å². The first-order valence-corrected chi connectivity index (χ1v) is 9.31. The summed E-state index contributed by atoms with van der Waals surface area (Å²) in [6.07, 6.45) is 1.44. The van der Waals surface area contributed by atoms with Crippen LogP contribution < -0.4 is 0 Å². The van der Waals surface area contributed by atoms with Crippen LogP contribution in [0.3, 0.4) is 0 Å². The van der Waals surface area contributed by atoms with Crippen LogP contribution in [0.2, 0.25) is 0 Å². The van der Waals surface area contributed by atoms with Crippen LogP contribution in [0, 0.1) is 5.92 Å². The van der Waals surface area contributed by atoms with E-state index >= 15 is 0 Å². The Bertz CT molecular complexity index is 681. The molecule has 0 spiro atoms. The van der Waals surface area contributed by atoms with Gasteiger partial charge in [-0.15, -0.1) is 0 Å². The molecule has 1 fully saturated rings. The van der Waals surface area contributed by atoms with E-state index in [9.17, 15) is 18.0 Å². The number of aliphatic carboxylic acids is 1. The van der Waals surface area contributed by atoms with Gasteiger partial charge in [-0.2, -0.15) is 0 Å². The fraction of sp³-hybridized carbons (Fsp3) is 0.500. The first kappa shape index (κ1) is 17.5. The molecule has 2 rings (SSSR count). The second kappa shape index (κ2) is 7.12. The molecule has 1 aliphatic rings. The topological polar surface area (TPSA) is 91.8 Å². The van der Waals surface area contributed by atoms with Gasteiger partial charge in [0.1, 0.15) is 0 Å². The third kappa shape index (κ3) is 4.31. The van der Waals surface area contributed by atoms with Crippen LogP contribution >= 0.6 is 0 Å². The number of carbonyl (C=O) groups excluding carboxylic acids is 1. The Kier molecular flexibility index (Phi) is 5.41. The van der Waals surface area contributed by atoms with Crippen molar-refractivity contribution in [1.29, 1.82) is 0 Å². The molecule has 1 aromatic carbocycles. The summed E-state index contributed by atoms with van der Waals surface area (Å²) in [4.78, 5) is 25.2. The lowest BCUT2D eigenvalue weighted by atomic mass is 9.97.